The van der Waals surface area contributed by atoms with E-state index >= 15 is 0 Å². The minimum atomic E-state index is -3.35. The van der Waals surface area contributed by atoms with Gasteiger partial charge in [-0.05, 0) is 7.05 Å². The van der Waals surface area contributed by atoms with Gasteiger partial charge in [0.25, 0.3) is 0 Å². The molecule has 5 heteroatoms. The van der Waals surface area contributed by atoms with Crippen LogP contribution in [0.3, 0.4) is 0 Å². The van der Waals surface area contributed by atoms with Crippen LogP contribution in [0.15, 0.2) is 0 Å². The highest BCUT2D eigenvalue weighted by atomic mass is 19.3. The lowest BCUT2D eigenvalue weighted by Crippen LogP contribution is -2.59. The molecule has 0 aromatic rings. The molecule has 0 radical (unpaired) electrons. The topological polar surface area (TPSA) is 15.3 Å². The van der Waals surface area contributed by atoms with Crippen molar-refractivity contribution in [3.63, 3.8) is 0 Å². The summed E-state index contributed by atoms with van der Waals surface area (Å²) < 4.78 is 37.3. The third kappa shape index (κ3) is 1.11. The van der Waals surface area contributed by atoms with E-state index in [1.165, 1.54) is 7.05 Å². The molecule has 2 nitrogen and oxygen atoms in total. The summed E-state index contributed by atoms with van der Waals surface area (Å²) in [7, 11) is 1.20. The van der Waals surface area contributed by atoms with Crippen LogP contribution < -0.4 is 5.32 Å². The molecule has 60 valence electrons. The maximum Gasteiger partial charge on any atom is 0.348 e. The van der Waals surface area contributed by atoms with Gasteiger partial charge in [-0.25, -0.2) is 9.29 Å². The van der Waals surface area contributed by atoms with Crippen LogP contribution in [-0.2, 0) is 0 Å². The fourth-order valence-corrected chi connectivity index (χ4v) is 0.824. The van der Waals surface area contributed by atoms with E-state index in [1.807, 2.05) is 5.32 Å². The first-order valence-corrected chi connectivity index (χ1v) is 3.01. The van der Waals surface area contributed by atoms with Gasteiger partial charge in [-0.1, -0.05) is 0 Å². The normalized spacial score (nSPS) is 34.2. The molecule has 1 N–H and O–H groups in total. The molecule has 1 fully saturated rings. The van der Waals surface area contributed by atoms with Crippen molar-refractivity contribution in [3.05, 3.63) is 0 Å². The molecule has 0 aromatic carbocycles. The van der Waals surface area contributed by atoms with Crippen LogP contribution in [-0.4, -0.2) is 37.4 Å². The molecule has 0 aliphatic carbocycles. The van der Waals surface area contributed by atoms with E-state index < -0.39 is 12.3 Å². The van der Waals surface area contributed by atoms with Gasteiger partial charge in [-0.2, -0.15) is 8.78 Å². The minimum absolute atomic E-state index is 0.174. The lowest BCUT2D eigenvalue weighted by atomic mass is 10.3. The minimum Gasteiger partial charge on any atom is -0.280 e. The fourth-order valence-electron chi connectivity index (χ4n) is 0.824. The molecule has 1 atom stereocenters. The van der Waals surface area contributed by atoms with Crippen LogP contribution >= 0.6 is 0 Å². The van der Waals surface area contributed by atoms with Crippen LogP contribution in [0.1, 0.15) is 0 Å². The Labute approximate surface area is 57.0 Å². The van der Waals surface area contributed by atoms with Crippen molar-refractivity contribution in [2.45, 2.75) is 12.3 Å². The van der Waals surface area contributed by atoms with Gasteiger partial charge in [-0.15, -0.1) is 0 Å². The van der Waals surface area contributed by atoms with E-state index in [0.29, 0.717) is 4.90 Å². The molecule has 1 aliphatic rings. The molecule has 10 heavy (non-hydrogen) atoms. The number of hydrogen-bond donors (Lipinski definition) is 1. The zero-order valence-corrected chi connectivity index (χ0v) is 5.57. The predicted octanol–water partition coefficient (Wildman–Crippen LogP) is 0.410. The van der Waals surface area contributed by atoms with Crippen LogP contribution in [0.4, 0.5) is 13.2 Å². The molecule has 0 spiro atoms. The Hall–Kier alpha value is -0.290. The largest absolute Gasteiger partial charge is 0.348 e. The summed E-state index contributed by atoms with van der Waals surface area (Å²) in [5.41, 5.74) is 0. The number of likely N-dealkylation sites (N-methyl/N-ethyl adjacent to an activating group) is 1. The maximum absolute atomic E-state index is 12.5. The van der Waals surface area contributed by atoms with Crippen LogP contribution in [0.2, 0.25) is 0 Å². The number of rotatable bonds is 0. The lowest BCUT2D eigenvalue weighted by Gasteiger charge is -2.34. The van der Waals surface area contributed by atoms with Crippen molar-refractivity contribution in [2.24, 2.45) is 0 Å². The number of nitrogens with zero attached hydrogens (tertiary/aromatic N) is 1. The van der Waals surface area contributed by atoms with Gasteiger partial charge in [0.05, 0.1) is 0 Å². The number of halogens is 3. The number of alkyl halides is 3. The zero-order valence-electron chi connectivity index (χ0n) is 5.57. The summed E-state index contributed by atoms with van der Waals surface area (Å²) >= 11 is 0. The third-order valence-corrected chi connectivity index (χ3v) is 1.58. The Morgan fingerprint density at radius 1 is 1.60 bits per heavy atom. The quantitative estimate of drug-likeness (QED) is 0.508. The summed E-state index contributed by atoms with van der Waals surface area (Å²) in [5.74, 6) is 0. The molecule has 1 unspecified atom stereocenters. The lowest BCUT2D eigenvalue weighted by molar-refractivity contribution is -0.205. The van der Waals surface area contributed by atoms with Gasteiger partial charge in [-0.3, -0.25) is 5.32 Å². The third-order valence-electron chi connectivity index (χ3n) is 1.58. The van der Waals surface area contributed by atoms with Crippen molar-refractivity contribution in [3.8, 4) is 0 Å². The number of hydrogen-bond acceptors (Lipinski definition) is 2. The number of piperazine rings is 1. The molecular weight excluding hydrogens is 145 g/mol. The van der Waals surface area contributed by atoms with Gasteiger partial charge < -0.3 is 0 Å². The molecule has 0 saturated carbocycles. The summed E-state index contributed by atoms with van der Waals surface area (Å²) in [6, 6.07) is -3.35. The Morgan fingerprint density at radius 3 is 2.60 bits per heavy atom. The van der Waals surface area contributed by atoms with Crippen LogP contribution in [0.25, 0.3) is 0 Å². The SMILES string of the molecule is CN1CCNC(F)C1(F)F. The van der Waals surface area contributed by atoms with Gasteiger partial charge in [0, 0.05) is 13.1 Å². The first-order chi connectivity index (χ1) is 4.55. The van der Waals surface area contributed by atoms with E-state index in [0.717, 1.165) is 0 Å². The highest BCUT2D eigenvalue weighted by molar-refractivity contribution is 4.79. The molecule has 0 aromatic heterocycles. The molecule has 1 rings (SSSR count). The summed E-state index contributed by atoms with van der Waals surface area (Å²) in [6.07, 6.45) is -2.23. The second-order valence-corrected chi connectivity index (χ2v) is 2.33. The molecular formula is C5H9F3N2. The summed E-state index contributed by atoms with van der Waals surface area (Å²) in [5, 5.41) is 2.04. The van der Waals surface area contributed by atoms with E-state index in [4.69, 9.17) is 0 Å². The smallest absolute Gasteiger partial charge is 0.280 e. The Morgan fingerprint density at radius 2 is 2.20 bits per heavy atom. The molecule has 1 saturated heterocycles. The first kappa shape index (κ1) is 7.81. The van der Waals surface area contributed by atoms with E-state index in [9.17, 15) is 13.2 Å². The molecule has 0 amide bonds. The van der Waals surface area contributed by atoms with Crippen molar-refractivity contribution in [2.75, 3.05) is 20.1 Å². The molecule has 1 aliphatic heterocycles. The number of nitrogens with one attached hydrogen (secondary N) is 1. The predicted molar refractivity (Wildman–Crippen MR) is 30.5 cm³/mol. The monoisotopic (exact) mass is 154 g/mol. The average molecular weight is 154 g/mol. The van der Waals surface area contributed by atoms with Crippen LogP contribution in [0.5, 0.6) is 0 Å². The van der Waals surface area contributed by atoms with Gasteiger partial charge in [0.15, 0.2) is 0 Å². The Bertz CT molecular complexity index is 116. The van der Waals surface area contributed by atoms with Crippen molar-refractivity contribution >= 4 is 0 Å². The molecule has 1 heterocycles. The second kappa shape index (κ2) is 2.39. The second-order valence-electron chi connectivity index (χ2n) is 2.33. The van der Waals surface area contributed by atoms with Gasteiger partial charge >= 0.3 is 6.05 Å². The van der Waals surface area contributed by atoms with Crippen LogP contribution in [0, 0.1) is 0 Å². The highest BCUT2D eigenvalue weighted by Gasteiger charge is 2.46. The average Bonchev–Trinajstić information content (AvgIpc) is 1.84. The highest BCUT2D eigenvalue weighted by Crippen LogP contribution is 2.25. The standard InChI is InChI=1S/C5H9F3N2/c1-10-3-2-9-4(6)5(10,7)8/h4,9H,2-3H2,1H3. The van der Waals surface area contributed by atoms with Gasteiger partial charge in [0.1, 0.15) is 0 Å². The van der Waals surface area contributed by atoms with E-state index in [1.54, 1.807) is 0 Å². The van der Waals surface area contributed by atoms with E-state index in [2.05, 4.69) is 0 Å². The first-order valence-electron chi connectivity index (χ1n) is 3.01. The van der Waals surface area contributed by atoms with Gasteiger partial charge in [0.2, 0.25) is 6.30 Å². The Kier molecular flexibility index (Phi) is 1.87. The summed E-state index contributed by atoms with van der Waals surface area (Å²) in [6.45, 7) is 0.445. The maximum atomic E-state index is 12.5. The van der Waals surface area contributed by atoms with Crippen molar-refractivity contribution in [1.29, 1.82) is 0 Å². The fraction of sp³-hybridized carbons (Fsp3) is 1.00. The molecule has 0 bridgehead atoms. The van der Waals surface area contributed by atoms with Crippen molar-refractivity contribution < 1.29 is 13.2 Å². The zero-order chi connectivity index (χ0) is 7.78. The summed E-state index contributed by atoms with van der Waals surface area (Å²) in [4.78, 5) is 0.703. The van der Waals surface area contributed by atoms with Crippen molar-refractivity contribution in [1.82, 2.24) is 10.2 Å². The Balaban J connectivity index is 2.63. The van der Waals surface area contributed by atoms with E-state index in [-0.39, 0.29) is 13.1 Å².